The second kappa shape index (κ2) is 4.69. The number of nitrogens with one attached hydrogen (secondary N) is 1. The van der Waals surface area contributed by atoms with Gasteiger partial charge in [-0.05, 0) is 6.07 Å². The van der Waals surface area contributed by atoms with E-state index in [0.29, 0.717) is 6.54 Å². The Kier molecular flexibility index (Phi) is 3.77. The van der Waals surface area contributed by atoms with E-state index < -0.39 is 10.0 Å². The maximum atomic E-state index is 11.9. The van der Waals surface area contributed by atoms with Gasteiger partial charge in [-0.25, -0.2) is 8.42 Å². The van der Waals surface area contributed by atoms with Crippen molar-refractivity contribution in [1.29, 1.82) is 0 Å². The molecule has 1 rings (SSSR count). The first-order chi connectivity index (χ1) is 6.98. The first-order valence-corrected chi connectivity index (χ1v) is 6.11. The molecule has 3 N–H and O–H groups in total. The number of hydrogen-bond donors (Lipinski definition) is 2. The summed E-state index contributed by atoms with van der Waals surface area (Å²) < 4.78 is 25.0. The lowest BCUT2D eigenvalue weighted by Gasteiger charge is -2.18. The van der Waals surface area contributed by atoms with Crippen molar-refractivity contribution in [2.45, 2.75) is 11.9 Å². The summed E-state index contributed by atoms with van der Waals surface area (Å²) in [5, 5.41) is 6.03. The van der Waals surface area contributed by atoms with Crippen molar-refractivity contribution >= 4 is 27.2 Å². The number of aromatic nitrogens is 2. The fourth-order valence-corrected chi connectivity index (χ4v) is 2.63. The minimum absolute atomic E-state index is 0.0349. The molecule has 0 amide bonds. The molecule has 1 aromatic heterocycles. The quantitative estimate of drug-likeness (QED) is 0.698. The summed E-state index contributed by atoms with van der Waals surface area (Å²) in [6, 6.07) is 1.39. The maximum absolute atomic E-state index is 11.9. The van der Waals surface area contributed by atoms with E-state index in [1.807, 2.05) is 0 Å². The van der Waals surface area contributed by atoms with E-state index in [0.717, 1.165) is 0 Å². The number of thiocarbonyl (C=S) groups is 1. The van der Waals surface area contributed by atoms with Gasteiger partial charge in [0.25, 0.3) is 10.0 Å². The molecule has 0 unspecified atom stereocenters. The van der Waals surface area contributed by atoms with Crippen molar-refractivity contribution in [1.82, 2.24) is 14.5 Å². The fourth-order valence-electron chi connectivity index (χ4n) is 1.07. The Morgan fingerprint density at radius 2 is 2.40 bits per heavy atom. The van der Waals surface area contributed by atoms with E-state index in [2.05, 4.69) is 22.4 Å². The zero-order valence-electron chi connectivity index (χ0n) is 8.17. The van der Waals surface area contributed by atoms with Crippen molar-refractivity contribution in [2.24, 2.45) is 5.73 Å². The second-order valence-electron chi connectivity index (χ2n) is 2.82. The van der Waals surface area contributed by atoms with Crippen LogP contribution in [0.15, 0.2) is 17.3 Å². The summed E-state index contributed by atoms with van der Waals surface area (Å²) in [5.74, 6) is 0. The van der Waals surface area contributed by atoms with Crippen LogP contribution in [0, 0.1) is 0 Å². The topological polar surface area (TPSA) is 92.1 Å². The van der Waals surface area contributed by atoms with Gasteiger partial charge < -0.3 is 5.73 Å². The van der Waals surface area contributed by atoms with Crippen molar-refractivity contribution in [3.63, 3.8) is 0 Å². The molecule has 0 fully saturated rings. The van der Waals surface area contributed by atoms with Gasteiger partial charge in [0.2, 0.25) is 0 Å². The molecular weight excluding hydrogens is 236 g/mol. The van der Waals surface area contributed by atoms with E-state index in [1.165, 1.54) is 16.6 Å². The van der Waals surface area contributed by atoms with E-state index >= 15 is 0 Å². The SMILES string of the molecule is CCN(CC(N)=S)S(=O)(=O)c1ccn[nH]1. The molecule has 0 aromatic carbocycles. The van der Waals surface area contributed by atoms with Crippen LogP contribution in [0.2, 0.25) is 0 Å². The van der Waals surface area contributed by atoms with Crippen LogP contribution < -0.4 is 5.73 Å². The lowest BCUT2D eigenvalue weighted by Crippen LogP contribution is -2.37. The van der Waals surface area contributed by atoms with Gasteiger partial charge in [-0.15, -0.1) is 0 Å². The van der Waals surface area contributed by atoms with Crippen molar-refractivity contribution < 1.29 is 8.42 Å². The third-order valence-corrected chi connectivity index (χ3v) is 3.76. The molecule has 0 saturated carbocycles. The maximum Gasteiger partial charge on any atom is 0.260 e. The Hall–Kier alpha value is -0.990. The predicted octanol–water partition coefficient (Wildman–Crippen LogP) is -0.294. The van der Waals surface area contributed by atoms with Gasteiger partial charge in [0, 0.05) is 6.54 Å². The van der Waals surface area contributed by atoms with E-state index in [1.54, 1.807) is 6.92 Å². The zero-order chi connectivity index (χ0) is 11.5. The van der Waals surface area contributed by atoms with E-state index in [-0.39, 0.29) is 16.6 Å². The van der Waals surface area contributed by atoms with Gasteiger partial charge in [0.05, 0.1) is 17.7 Å². The zero-order valence-corrected chi connectivity index (χ0v) is 9.81. The molecule has 1 aromatic rings. The number of hydrogen-bond acceptors (Lipinski definition) is 4. The Morgan fingerprint density at radius 1 is 1.73 bits per heavy atom. The second-order valence-corrected chi connectivity index (χ2v) is 5.25. The Labute approximate surface area is 93.5 Å². The molecule has 84 valence electrons. The summed E-state index contributed by atoms with van der Waals surface area (Å²) in [6.45, 7) is 2.05. The van der Waals surface area contributed by atoms with Gasteiger partial charge in [-0.1, -0.05) is 19.1 Å². The van der Waals surface area contributed by atoms with Crippen LogP contribution in [0.4, 0.5) is 0 Å². The average molecular weight is 248 g/mol. The first-order valence-electron chi connectivity index (χ1n) is 4.26. The minimum atomic E-state index is -3.56. The first kappa shape index (κ1) is 12.1. The minimum Gasteiger partial charge on any atom is -0.392 e. The number of aromatic amines is 1. The molecule has 6 nitrogen and oxygen atoms in total. The highest BCUT2D eigenvalue weighted by atomic mass is 32.2. The average Bonchev–Trinajstić information content (AvgIpc) is 2.66. The Balaban J connectivity index is 2.98. The lowest BCUT2D eigenvalue weighted by atomic mass is 10.6. The van der Waals surface area contributed by atoms with Gasteiger partial charge >= 0.3 is 0 Å². The highest BCUT2D eigenvalue weighted by Crippen LogP contribution is 2.11. The lowest BCUT2D eigenvalue weighted by molar-refractivity contribution is 0.465. The monoisotopic (exact) mass is 248 g/mol. The molecule has 15 heavy (non-hydrogen) atoms. The normalized spacial score (nSPS) is 11.9. The van der Waals surface area contributed by atoms with E-state index in [9.17, 15) is 8.42 Å². The predicted molar refractivity (Wildman–Crippen MR) is 59.8 cm³/mol. The summed E-state index contributed by atoms with van der Waals surface area (Å²) in [7, 11) is -3.56. The summed E-state index contributed by atoms with van der Waals surface area (Å²) in [5.41, 5.74) is 5.32. The standard InChI is InChI=1S/C7H12N4O2S2/c1-2-11(5-6(8)14)15(12,13)7-3-4-9-10-7/h3-4H,2,5H2,1H3,(H2,8,14)(H,9,10). The number of nitrogens with two attached hydrogens (primary N) is 1. The number of likely N-dealkylation sites (N-methyl/N-ethyl adjacent to an activating group) is 1. The molecule has 0 radical (unpaired) electrons. The van der Waals surface area contributed by atoms with Crippen LogP contribution in [0.5, 0.6) is 0 Å². The summed E-state index contributed by atoms with van der Waals surface area (Å²) in [4.78, 5) is 0.139. The molecule has 0 aliphatic carbocycles. The number of rotatable bonds is 5. The number of H-pyrrole nitrogens is 1. The van der Waals surface area contributed by atoms with Gasteiger partial charge in [0.15, 0.2) is 5.03 Å². The van der Waals surface area contributed by atoms with Gasteiger partial charge in [-0.2, -0.15) is 9.40 Å². The molecular formula is C7H12N4O2S2. The highest BCUT2D eigenvalue weighted by Gasteiger charge is 2.24. The molecule has 0 atom stereocenters. The Bertz CT molecular complexity index is 426. The van der Waals surface area contributed by atoms with Crippen LogP contribution in [0.1, 0.15) is 6.92 Å². The molecule has 0 bridgehead atoms. The van der Waals surface area contributed by atoms with Crippen LogP contribution >= 0.6 is 12.2 Å². The molecule has 8 heteroatoms. The van der Waals surface area contributed by atoms with Crippen molar-refractivity contribution in [2.75, 3.05) is 13.1 Å². The fraction of sp³-hybridized carbons (Fsp3) is 0.429. The van der Waals surface area contributed by atoms with Crippen molar-refractivity contribution in [3.8, 4) is 0 Å². The third kappa shape index (κ3) is 2.74. The Morgan fingerprint density at radius 3 is 2.80 bits per heavy atom. The smallest absolute Gasteiger partial charge is 0.260 e. The number of nitrogens with zero attached hydrogens (tertiary/aromatic N) is 2. The number of sulfonamides is 1. The van der Waals surface area contributed by atoms with Crippen LogP contribution in [0.25, 0.3) is 0 Å². The van der Waals surface area contributed by atoms with Gasteiger partial charge in [-0.3, -0.25) is 5.10 Å². The highest BCUT2D eigenvalue weighted by molar-refractivity contribution is 7.89. The molecule has 0 spiro atoms. The molecule has 0 aliphatic heterocycles. The molecule has 0 saturated heterocycles. The summed E-state index contributed by atoms with van der Waals surface area (Å²) >= 11 is 4.68. The van der Waals surface area contributed by atoms with Crippen LogP contribution in [-0.2, 0) is 10.0 Å². The molecule has 1 heterocycles. The third-order valence-electron chi connectivity index (χ3n) is 1.78. The van der Waals surface area contributed by atoms with Gasteiger partial charge in [0.1, 0.15) is 0 Å². The summed E-state index contributed by atoms with van der Waals surface area (Å²) in [6.07, 6.45) is 1.38. The van der Waals surface area contributed by atoms with Crippen LogP contribution in [0.3, 0.4) is 0 Å². The molecule has 0 aliphatic rings. The van der Waals surface area contributed by atoms with E-state index in [4.69, 9.17) is 5.73 Å². The largest absolute Gasteiger partial charge is 0.392 e. The van der Waals surface area contributed by atoms with Crippen molar-refractivity contribution in [3.05, 3.63) is 12.3 Å². The van der Waals surface area contributed by atoms with Crippen LogP contribution in [-0.4, -0.2) is 41.0 Å².